The highest BCUT2D eigenvalue weighted by Gasteiger charge is 2.06. The van der Waals surface area contributed by atoms with Crippen molar-refractivity contribution in [1.29, 1.82) is 0 Å². The fourth-order valence-electron chi connectivity index (χ4n) is 1.98. The number of carbonyl (C=O) groups excluding carboxylic acids is 2. The van der Waals surface area contributed by atoms with E-state index in [1.54, 1.807) is 36.4 Å². The molecule has 0 bridgehead atoms. The summed E-state index contributed by atoms with van der Waals surface area (Å²) < 4.78 is 5.46. The standard InChI is InChI=1S/C19H19ClN2O3/c1-13-4-3-5-17(14(13)2)25-12-19(24)22-21-18(23)11-8-15-6-9-16(20)10-7-15/h3-11H,12H2,1-2H3,(H,21,23)(H,22,24)/b11-8+. The van der Waals surface area contributed by atoms with Crippen molar-refractivity contribution < 1.29 is 14.3 Å². The predicted octanol–water partition coefficient (Wildman–Crippen LogP) is 3.20. The molecule has 130 valence electrons. The van der Waals surface area contributed by atoms with E-state index in [-0.39, 0.29) is 6.61 Å². The molecule has 0 aliphatic heterocycles. The molecule has 0 aliphatic rings. The van der Waals surface area contributed by atoms with Crippen molar-refractivity contribution in [3.8, 4) is 5.75 Å². The molecule has 0 aliphatic carbocycles. The van der Waals surface area contributed by atoms with Gasteiger partial charge < -0.3 is 4.74 Å². The number of halogens is 1. The smallest absolute Gasteiger partial charge is 0.276 e. The third kappa shape index (κ3) is 5.97. The zero-order chi connectivity index (χ0) is 18.2. The lowest BCUT2D eigenvalue weighted by atomic mass is 10.1. The van der Waals surface area contributed by atoms with Crippen molar-refractivity contribution >= 4 is 29.5 Å². The summed E-state index contributed by atoms with van der Waals surface area (Å²) in [6.07, 6.45) is 2.93. The first-order valence-electron chi connectivity index (χ1n) is 7.67. The number of ether oxygens (including phenoxy) is 1. The summed E-state index contributed by atoms with van der Waals surface area (Å²) in [4.78, 5) is 23.4. The van der Waals surface area contributed by atoms with Gasteiger partial charge in [0.2, 0.25) is 0 Å². The Balaban J connectivity index is 1.76. The SMILES string of the molecule is Cc1cccc(OCC(=O)NNC(=O)/C=C/c2ccc(Cl)cc2)c1C. The molecule has 5 nitrogen and oxygen atoms in total. The molecule has 2 aromatic rings. The third-order valence-corrected chi connectivity index (χ3v) is 3.79. The lowest BCUT2D eigenvalue weighted by Crippen LogP contribution is -2.43. The van der Waals surface area contributed by atoms with E-state index in [4.69, 9.17) is 16.3 Å². The highest BCUT2D eigenvalue weighted by atomic mass is 35.5. The van der Waals surface area contributed by atoms with E-state index in [2.05, 4.69) is 10.9 Å². The van der Waals surface area contributed by atoms with Crippen LogP contribution in [0.1, 0.15) is 16.7 Å². The van der Waals surface area contributed by atoms with Crippen LogP contribution in [0.4, 0.5) is 0 Å². The van der Waals surface area contributed by atoms with E-state index >= 15 is 0 Å². The van der Waals surface area contributed by atoms with Crippen molar-refractivity contribution in [3.63, 3.8) is 0 Å². The maximum Gasteiger partial charge on any atom is 0.276 e. The lowest BCUT2D eigenvalue weighted by Gasteiger charge is -2.11. The fraction of sp³-hybridized carbons (Fsp3) is 0.158. The minimum Gasteiger partial charge on any atom is -0.483 e. The van der Waals surface area contributed by atoms with Gasteiger partial charge in [-0.25, -0.2) is 0 Å². The Morgan fingerprint density at radius 3 is 2.52 bits per heavy atom. The summed E-state index contributed by atoms with van der Waals surface area (Å²) in [5.74, 6) is -0.256. The van der Waals surface area contributed by atoms with Crippen molar-refractivity contribution in [2.45, 2.75) is 13.8 Å². The van der Waals surface area contributed by atoms with Crippen LogP contribution in [0.3, 0.4) is 0 Å². The zero-order valence-electron chi connectivity index (χ0n) is 14.0. The number of benzene rings is 2. The second-order valence-corrected chi connectivity index (χ2v) is 5.85. The normalized spacial score (nSPS) is 10.5. The van der Waals surface area contributed by atoms with Crippen LogP contribution in [-0.4, -0.2) is 18.4 Å². The van der Waals surface area contributed by atoms with Gasteiger partial charge in [0.25, 0.3) is 11.8 Å². The maximum absolute atomic E-state index is 11.7. The summed E-state index contributed by atoms with van der Waals surface area (Å²) in [6, 6.07) is 12.6. The average Bonchev–Trinajstić information content (AvgIpc) is 2.60. The summed E-state index contributed by atoms with van der Waals surface area (Å²) in [5.41, 5.74) is 7.47. The van der Waals surface area contributed by atoms with E-state index in [0.717, 1.165) is 16.7 Å². The van der Waals surface area contributed by atoms with Crippen LogP contribution >= 0.6 is 11.6 Å². The minimum atomic E-state index is -0.450. The monoisotopic (exact) mass is 358 g/mol. The number of hydrazine groups is 1. The van der Waals surface area contributed by atoms with Gasteiger partial charge in [-0.05, 0) is 54.8 Å². The summed E-state index contributed by atoms with van der Waals surface area (Å²) in [5, 5.41) is 0.623. The lowest BCUT2D eigenvalue weighted by molar-refractivity contribution is -0.128. The Morgan fingerprint density at radius 1 is 1.08 bits per heavy atom. The van der Waals surface area contributed by atoms with E-state index in [1.165, 1.54) is 6.08 Å². The Bertz CT molecular complexity index is 786. The Labute approximate surface area is 151 Å². The molecule has 2 amide bonds. The van der Waals surface area contributed by atoms with Crippen molar-refractivity contribution in [3.05, 3.63) is 70.3 Å². The van der Waals surface area contributed by atoms with Gasteiger partial charge in [-0.3, -0.25) is 20.4 Å². The topological polar surface area (TPSA) is 67.4 Å². The maximum atomic E-state index is 11.7. The molecule has 2 aromatic carbocycles. The molecule has 25 heavy (non-hydrogen) atoms. The molecule has 2 rings (SSSR count). The first-order valence-corrected chi connectivity index (χ1v) is 8.05. The Morgan fingerprint density at radius 2 is 1.80 bits per heavy atom. The van der Waals surface area contributed by atoms with E-state index < -0.39 is 11.8 Å². The van der Waals surface area contributed by atoms with E-state index in [0.29, 0.717) is 10.8 Å². The van der Waals surface area contributed by atoms with Crippen molar-refractivity contribution in [2.75, 3.05) is 6.61 Å². The number of rotatable bonds is 5. The van der Waals surface area contributed by atoms with Crippen LogP contribution in [0.25, 0.3) is 6.08 Å². The van der Waals surface area contributed by atoms with Gasteiger partial charge in [-0.15, -0.1) is 0 Å². The third-order valence-electron chi connectivity index (χ3n) is 3.54. The fourth-order valence-corrected chi connectivity index (χ4v) is 2.10. The number of hydrogen-bond acceptors (Lipinski definition) is 3. The van der Waals surface area contributed by atoms with Crippen LogP contribution in [0.15, 0.2) is 48.5 Å². The number of nitrogens with one attached hydrogen (secondary N) is 2. The second kappa shape index (κ2) is 8.89. The molecular weight excluding hydrogens is 340 g/mol. The predicted molar refractivity (Wildman–Crippen MR) is 98.2 cm³/mol. The van der Waals surface area contributed by atoms with Crippen LogP contribution < -0.4 is 15.6 Å². The first-order chi connectivity index (χ1) is 12.0. The molecule has 6 heteroatoms. The van der Waals surface area contributed by atoms with E-state index in [1.807, 2.05) is 26.0 Å². The average molecular weight is 359 g/mol. The van der Waals surface area contributed by atoms with Crippen LogP contribution in [0.5, 0.6) is 5.75 Å². The summed E-state index contributed by atoms with van der Waals surface area (Å²) in [7, 11) is 0. The molecule has 0 radical (unpaired) electrons. The quantitative estimate of drug-likeness (QED) is 0.637. The van der Waals surface area contributed by atoms with E-state index in [9.17, 15) is 9.59 Å². The number of aryl methyl sites for hydroxylation is 1. The zero-order valence-corrected chi connectivity index (χ0v) is 14.8. The molecule has 0 saturated carbocycles. The summed E-state index contributed by atoms with van der Waals surface area (Å²) in [6.45, 7) is 3.70. The van der Waals surface area contributed by atoms with Gasteiger partial charge in [0, 0.05) is 11.1 Å². The molecule has 0 saturated heterocycles. The first kappa shape index (κ1) is 18.5. The number of carbonyl (C=O) groups is 2. The Kier molecular flexibility index (Phi) is 6.60. The van der Waals surface area contributed by atoms with Gasteiger partial charge in [-0.2, -0.15) is 0 Å². The van der Waals surface area contributed by atoms with Gasteiger partial charge in [-0.1, -0.05) is 35.9 Å². The van der Waals surface area contributed by atoms with Gasteiger partial charge >= 0.3 is 0 Å². The number of hydrogen-bond donors (Lipinski definition) is 2. The molecular formula is C19H19ClN2O3. The molecule has 0 heterocycles. The van der Waals surface area contributed by atoms with Crippen LogP contribution in [-0.2, 0) is 9.59 Å². The Hall–Kier alpha value is -2.79. The van der Waals surface area contributed by atoms with Crippen molar-refractivity contribution in [1.82, 2.24) is 10.9 Å². The summed E-state index contributed by atoms with van der Waals surface area (Å²) >= 11 is 5.79. The number of amides is 2. The minimum absolute atomic E-state index is 0.189. The van der Waals surface area contributed by atoms with Crippen LogP contribution in [0.2, 0.25) is 5.02 Å². The van der Waals surface area contributed by atoms with Gasteiger partial charge in [0.15, 0.2) is 6.61 Å². The molecule has 0 aromatic heterocycles. The van der Waals surface area contributed by atoms with Crippen LogP contribution in [0, 0.1) is 13.8 Å². The molecule has 0 fully saturated rings. The second-order valence-electron chi connectivity index (χ2n) is 5.41. The molecule has 0 spiro atoms. The van der Waals surface area contributed by atoms with Gasteiger partial charge in [0.05, 0.1) is 0 Å². The van der Waals surface area contributed by atoms with Gasteiger partial charge in [0.1, 0.15) is 5.75 Å². The molecule has 0 atom stereocenters. The largest absolute Gasteiger partial charge is 0.483 e. The highest BCUT2D eigenvalue weighted by Crippen LogP contribution is 2.20. The van der Waals surface area contributed by atoms with Crippen molar-refractivity contribution in [2.24, 2.45) is 0 Å². The molecule has 2 N–H and O–H groups in total. The molecule has 0 unspecified atom stereocenters. The highest BCUT2D eigenvalue weighted by molar-refractivity contribution is 6.30.